The first kappa shape index (κ1) is 16.1. The van der Waals surface area contributed by atoms with Crippen molar-refractivity contribution >= 4 is 26.7 Å². The van der Waals surface area contributed by atoms with Gasteiger partial charge in [0, 0.05) is 5.69 Å². The fourth-order valence-electron chi connectivity index (χ4n) is 2.42. The molecule has 0 aliphatic carbocycles. The smallest absolute Gasteiger partial charge is 0.264 e. The summed E-state index contributed by atoms with van der Waals surface area (Å²) in [6.07, 6.45) is 0. The molecule has 0 saturated carbocycles. The van der Waals surface area contributed by atoms with E-state index in [0.717, 1.165) is 0 Å². The zero-order chi connectivity index (χ0) is 18.0. The van der Waals surface area contributed by atoms with Crippen molar-refractivity contribution in [2.45, 2.75) is 4.90 Å². The number of para-hydroxylation sites is 1. The van der Waals surface area contributed by atoms with Crippen molar-refractivity contribution in [1.82, 2.24) is 10.3 Å². The molecule has 4 rings (SSSR count). The van der Waals surface area contributed by atoms with Gasteiger partial charge in [-0.1, -0.05) is 24.3 Å². The first-order valence-corrected chi connectivity index (χ1v) is 9.17. The molecule has 1 aromatic heterocycles. The number of rotatable bonds is 5. The van der Waals surface area contributed by atoms with Crippen LogP contribution in [0.25, 0.3) is 11.0 Å². The van der Waals surface area contributed by atoms with Crippen LogP contribution in [0.3, 0.4) is 0 Å². The minimum Gasteiger partial charge on any atom is -0.457 e. The average molecular weight is 367 g/mol. The minimum atomic E-state index is -3.83. The number of fused-ring (bicyclic) bond motifs is 1. The second-order valence-corrected chi connectivity index (χ2v) is 7.08. The van der Waals surface area contributed by atoms with Gasteiger partial charge in [-0.25, -0.2) is 13.0 Å². The summed E-state index contributed by atoms with van der Waals surface area (Å²) in [5.41, 5.74) is 0.961. The Morgan fingerprint density at radius 1 is 0.808 bits per heavy atom. The van der Waals surface area contributed by atoms with Gasteiger partial charge in [-0.3, -0.25) is 4.72 Å². The lowest BCUT2D eigenvalue weighted by molar-refractivity contribution is 0.315. The van der Waals surface area contributed by atoms with E-state index in [0.29, 0.717) is 22.7 Å². The van der Waals surface area contributed by atoms with Gasteiger partial charge in [0.25, 0.3) is 10.0 Å². The molecule has 1 N–H and O–H groups in total. The van der Waals surface area contributed by atoms with Crippen molar-refractivity contribution in [1.29, 1.82) is 0 Å². The van der Waals surface area contributed by atoms with Gasteiger partial charge in [-0.15, -0.1) is 0 Å². The molecule has 0 amide bonds. The fraction of sp³-hybridized carbons (Fsp3) is 0. The summed E-state index contributed by atoms with van der Waals surface area (Å²) in [7, 11) is -3.83. The van der Waals surface area contributed by atoms with Gasteiger partial charge in [-0.2, -0.15) is 0 Å². The maximum absolute atomic E-state index is 12.6. The van der Waals surface area contributed by atoms with E-state index in [4.69, 9.17) is 4.74 Å². The summed E-state index contributed by atoms with van der Waals surface area (Å²) in [5, 5.41) is 7.32. The number of aromatic nitrogens is 2. The van der Waals surface area contributed by atoms with Crippen LogP contribution in [0.1, 0.15) is 0 Å². The lowest BCUT2D eigenvalue weighted by Gasteiger charge is -2.09. The van der Waals surface area contributed by atoms with Gasteiger partial charge < -0.3 is 4.74 Å². The number of hydrogen-bond acceptors (Lipinski definition) is 6. The second kappa shape index (κ2) is 6.49. The Morgan fingerprint density at radius 3 is 2.31 bits per heavy atom. The van der Waals surface area contributed by atoms with Crippen LogP contribution in [0, 0.1) is 0 Å². The van der Waals surface area contributed by atoms with Crippen LogP contribution in [0.15, 0.2) is 82.3 Å². The van der Waals surface area contributed by atoms with E-state index < -0.39 is 10.0 Å². The van der Waals surface area contributed by atoms with Crippen LogP contribution in [0.5, 0.6) is 11.5 Å². The molecule has 0 spiro atoms. The highest BCUT2D eigenvalue weighted by Gasteiger charge is 2.20. The van der Waals surface area contributed by atoms with Crippen LogP contribution in [-0.4, -0.2) is 18.7 Å². The van der Waals surface area contributed by atoms with Crippen molar-refractivity contribution in [3.8, 4) is 11.5 Å². The van der Waals surface area contributed by atoms with Crippen molar-refractivity contribution < 1.29 is 17.8 Å². The number of benzene rings is 3. The monoisotopic (exact) mass is 367 g/mol. The summed E-state index contributed by atoms with van der Waals surface area (Å²) in [6, 6.07) is 20.6. The van der Waals surface area contributed by atoms with Gasteiger partial charge in [0.1, 0.15) is 21.9 Å². The second-order valence-electron chi connectivity index (χ2n) is 5.43. The summed E-state index contributed by atoms with van der Waals surface area (Å²) in [4.78, 5) is 0.000798. The molecule has 0 aliphatic heterocycles. The molecule has 0 fully saturated rings. The highest BCUT2D eigenvalue weighted by atomic mass is 32.2. The third-order valence-electron chi connectivity index (χ3n) is 3.62. The van der Waals surface area contributed by atoms with E-state index in [1.54, 1.807) is 36.4 Å². The first-order chi connectivity index (χ1) is 12.6. The Labute approximate surface area is 149 Å². The van der Waals surface area contributed by atoms with Crippen LogP contribution in [-0.2, 0) is 10.0 Å². The third kappa shape index (κ3) is 3.22. The van der Waals surface area contributed by atoms with Crippen molar-refractivity contribution in [2.75, 3.05) is 4.72 Å². The zero-order valence-corrected chi connectivity index (χ0v) is 14.2. The van der Waals surface area contributed by atoms with E-state index in [1.165, 1.54) is 6.07 Å². The number of hydrogen-bond donors (Lipinski definition) is 1. The Kier molecular flexibility index (Phi) is 4.02. The molecule has 0 bridgehead atoms. The number of nitrogens with zero attached hydrogens (tertiary/aromatic N) is 2. The third-order valence-corrected chi connectivity index (χ3v) is 5.04. The number of ether oxygens (including phenoxy) is 1. The Hall–Kier alpha value is -3.39. The van der Waals surface area contributed by atoms with Crippen molar-refractivity contribution in [2.24, 2.45) is 0 Å². The Bertz CT molecular complexity index is 1140. The van der Waals surface area contributed by atoms with Crippen molar-refractivity contribution in [3.05, 3.63) is 72.8 Å². The maximum atomic E-state index is 12.6. The van der Waals surface area contributed by atoms with Gasteiger partial charge in [0.15, 0.2) is 5.52 Å². The minimum absolute atomic E-state index is 0.000798. The molecule has 0 atom stereocenters. The Morgan fingerprint density at radius 2 is 1.54 bits per heavy atom. The lowest BCUT2D eigenvalue weighted by atomic mass is 10.3. The fourth-order valence-corrected chi connectivity index (χ4v) is 3.63. The van der Waals surface area contributed by atoms with E-state index in [9.17, 15) is 8.42 Å². The van der Waals surface area contributed by atoms with Gasteiger partial charge in [0.2, 0.25) is 0 Å². The zero-order valence-electron chi connectivity index (χ0n) is 13.4. The predicted molar refractivity (Wildman–Crippen MR) is 95.6 cm³/mol. The summed E-state index contributed by atoms with van der Waals surface area (Å²) in [6.45, 7) is 0. The molecule has 0 saturated heterocycles. The molecular weight excluding hydrogens is 354 g/mol. The van der Waals surface area contributed by atoms with Gasteiger partial charge in [-0.05, 0) is 58.8 Å². The quantitative estimate of drug-likeness (QED) is 0.576. The molecule has 8 heteroatoms. The number of sulfonamides is 1. The van der Waals surface area contributed by atoms with Crippen molar-refractivity contribution in [3.63, 3.8) is 0 Å². The van der Waals surface area contributed by atoms with Crippen LogP contribution in [0.4, 0.5) is 5.69 Å². The van der Waals surface area contributed by atoms with E-state index in [2.05, 4.69) is 19.7 Å². The predicted octanol–water partition coefficient (Wildman–Crippen LogP) is 3.82. The largest absolute Gasteiger partial charge is 0.457 e. The van der Waals surface area contributed by atoms with Crippen LogP contribution >= 0.6 is 0 Å². The molecule has 4 aromatic rings. The molecule has 0 aliphatic rings. The number of nitrogens with one attached hydrogen (secondary N) is 1. The molecule has 3 aromatic carbocycles. The van der Waals surface area contributed by atoms with Crippen LogP contribution in [0.2, 0.25) is 0 Å². The number of anilines is 1. The summed E-state index contributed by atoms with van der Waals surface area (Å²) < 4.78 is 38.1. The van der Waals surface area contributed by atoms with Crippen LogP contribution < -0.4 is 9.46 Å². The molecular formula is C18H13N3O4S. The maximum Gasteiger partial charge on any atom is 0.264 e. The molecule has 7 nitrogen and oxygen atoms in total. The van der Waals surface area contributed by atoms with E-state index in [-0.39, 0.29) is 10.4 Å². The van der Waals surface area contributed by atoms with Gasteiger partial charge >= 0.3 is 0 Å². The highest BCUT2D eigenvalue weighted by Crippen LogP contribution is 2.25. The molecule has 130 valence electrons. The lowest BCUT2D eigenvalue weighted by Crippen LogP contribution is -2.13. The summed E-state index contributed by atoms with van der Waals surface area (Å²) in [5.74, 6) is 1.30. The van der Waals surface area contributed by atoms with Gasteiger partial charge in [0.05, 0.1) is 0 Å². The molecule has 26 heavy (non-hydrogen) atoms. The topological polar surface area (TPSA) is 94.3 Å². The Balaban J connectivity index is 1.56. The van der Waals surface area contributed by atoms with E-state index >= 15 is 0 Å². The molecule has 0 radical (unpaired) electrons. The SMILES string of the molecule is O=S(=O)(Nc1ccc(Oc2ccccc2)cc1)c1cccc2nonc12. The standard InChI is InChI=1S/C18H13N3O4S/c22-26(23,17-8-4-7-16-18(17)20-25-19-16)21-13-9-11-15(12-10-13)24-14-5-2-1-3-6-14/h1-12,21H. The average Bonchev–Trinajstić information content (AvgIpc) is 3.12. The van der Waals surface area contributed by atoms with E-state index in [1.807, 2.05) is 30.3 Å². The molecule has 0 unspecified atom stereocenters. The highest BCUT2D eigenvalue weighted by molar-refractivity contribution is 7.93. The molecule has 1 heterocycles. The first-order valence-electron chi connectivity index (χ1n) is 7.69. The summed E-state index contributed by atoms with van der Waals surface area (Å²) >= 11 is 0. The normalized spacial score (nSPS) is 11.4.